The van der Waals surface area contributed by atoms with E-state index in [2.05, 4.69) is 59.4 Å². The summed E-state index contributed by atoms with van der Waals surface area (Å²) in [5.41, 5.74) is 2.96. The smallest absolute Gasteiger partial charge is 0.204 e. The summed E-state index contributed by atoms with van der Waals surface area (Å²) in [7, 11) is 2.15. The Morgan fingerprint density at radius 3 is 2.77 bits per heavy atom. The van der Waals surface area contributed by atoms with Crippen molar-refractivity contribution in [3.63, 3.8) is 0 Å². The molecule has 0 radical (unpaired) electrons. The molecule has 1 aliphatic heterocycles. The van der Waals surface area contributed by atoms with Crippen LogP contribution in [0.2, 0.25) is 0 Å². The molecule has 0 bridgehead atoms. The maximum absolute atomic E-state index is 4.69. The summed E-state index contributed by atoms with van der Waals surface area (Å²) in [4.78, 5) is 9.30. The zero-order chi connectivity index (χ0) is 15.1. The topological polar surface area (TPSA) is 49.6 Å². The van der Waals surface area contributed by atoms with E-state index in [0.717, 1.165) is 52.7 Å². The van der Waals surface area contributed by atoms with E-state index >= 15 is 0 Å². The van der Waals surface area contributed by atoms with E-state index in [1.54, 1.807) is 17.7 Å². The van der Waals surface area contributed by atoms with Gasteiger partial charge in [0, 0.05) is 37.1 Å². The van der Waals surface area contributed by atoms with Crippen LogP contribution in [-0.2, 0) is 0 Å². The predicted octanol–water partition coefficient (Wildman–Crippen LogP) is 2.37. The summed E-state index contributed by atoms with van der Waals surface area (Å²) < 4.78 is 3.13. The Balaban J connectivity index is 1.78. The van der Waals surface area contributed by atoms with Crippen molar-refractivity contribution in [2.45, 2.75) is 0 Å². The van der Waals surface area contributed by atoms with Crippen molar-refractivity contribution in [2.75, 3.05) is 38.1 Å². The molecule has 4 rings (SSSR count). The Morgan fingerprint density at radius 1 is 1.23 bits per heavy atom. The van der Waals surface area contributed by atoms with E-state index in [4.69, 9.17) is 0 Å². The molecule has 1 aliphatic rings. The number of fused-ring (bicyclic) bond motifs is 1. The molecule has 6 nitrogen and oxygen atoms in total. The Labute approximate surface area is 140 Å². The highest BCUT2D eigenvalue weighted by Gasteiger charge is 2.20. The lowest BCUT2D eigenvalue weighted by Gasteiger charge is -2.33. The number of anilines is 1. The molecule has 0 atom stereocenters. The molecule has 1 fully saturated rings. The fourth-order valence-corrected chi connectivity index (χ4v) is 3.86. The highest BCUT2D eigenvalue weighted by Crippen LogP contribution is 2.30. The molecule has 0 unspecified atom stereocenters. The number of hydrogen-bond acceptors (Lipinski definition) is 6. The maximum atomic E-state index is 4.69. The molecule has 3 aromatic rings. The van der Waals surface area contributed by atoms with Crippen LogP contribution < -0.4 is 4.90 Å². The van der Waals surface area contributed by atoms with Crippen LogP contribution in [0.1, 0.15) is 0 Å². The van der Waals surface area contributed by atoms with Crippen LogP contribution in [0.15, 0.2) is 27.8 Å². The normalized spacial score (nSPS) is 16.5. The first-order chi connectivity index (χ1) is 10.7. The van der Waals surface area contributed by atoms with Crippen LogP contribution in [0.4, 0.5) is 5.82 Å². The third-order valence-corrected chi connectivity index (χ3v) is 5.49. The van der Waals surface area contributed by atoms with E-state index in [0.29, 0.717) is 0 Å². The Bertz CT molecular complexity index is 805. The summed E-state index contributed by atoms with van der Waals surface area (Å²) in [6.45, 7) is 4.02. The van der Waals surface area contributed by atoms with Crippen LogP contribution in [0.3, 0.4) is 0 Å². The lowest BCUT2D eigenvalue weighted by molar-refractivity contribution is 0.312. The minimum Gasteiger partial charge on any atom is -0.351 e. The minimum absolute atomic E-state index is 0.823. The number of nitrogens with zero attached hydrogens (tertiary/aromatic N) is 6. The quantitative estimate of drug-likeness (QED) is 0.684. The number of likely N-dealkylation sites (N-methyl/N-ethyl adjacent to an activating group) is 1. The molecule has 8 heteroatoms. The van der Waals surface area contributed by atoms with Gasteiger partial charge in [-0.05, 0) is 29.0 Å². The van der Waals surface area contributed by atoms with Crippen molar-refractivity contribution in [2.24, 2.45) is 0 Å². The van der Waals surface area contributed by atoms with Crippen LogP contribution in [0, 0.1) is 0 Å². The second kappa shape index (κ2) is 5.60. The molecule has 3 aromatic heterocycles. The van der Waals surface area contributed by atoms with Gasteiger partial charge < -0.3 is 9.80 Å². The fraction of sp³-hybridized carbons (Fsp3) is 0.357. The first-order valence-corrected chi connectivity index (χ1v) is 8.76. The van der Waals surface area contributed by atoms with Gasteiger partial charge in [-0.2, -0.15) is 0 Å². The highest BCUT2D eigenvalue weighted by atomic mass is 79.9. The molecule has 0 spiro atoms. The minimum atomic E-state index is 0.823. The number of piperazine rings is 1. The lowest BCUT2D eigenvalue weighted by Crippen LogP contribution is -2.45. The zero-order valence-corrected chi connectivity index (χ0v) is 14.5. The Hall–Kier alpha value is -1.51. The van der Waals surface area contributed by atoms with Crippen LogP contribution in [0.5, 0.6) is 0 Å². The molecular formula is C14H15BrN6S. The number of hydrogen-bond donors (Lipinski definition) is 0. The van der Waals surface area contributed by atoms with Gasteiger partial charge in [0.2, 0.25) is 5.65 Å². The van der Waals surface area contributed by atoms with Crippen molar-refractivity contribution >= 4 is 38.7 Å². The molecular weight excluding hydrogens is 364 g/mol. The van der Waals surface area contributed by atoms with Gasteiger partial charge in [-0.25, -0.2) is 4.98 Å². The molecule has 0 saturated carbocycles. The molecule has 0 aromatic carbocycles. The van der Waals surface area contributed by atoms with E-state index in [9.17, 15) is 0 Å². The summed E-state index contributed by atoms with van der Waals surface area (Å²) in [5.74, 6) is 0.920. The van der Waals surface area contributed by atoms with Crippen molar-refractivity contribution in [3.8, 4) is 11.3 Å². The molecule has 4 heterocycles. The zero-order valence-electron chi connectivity index (χ0n) is 12.1. The molecule has 0 aliphatic carbocycles. The molecule has 114 valence electrons. The van der Waals surface area contributed by atoms with Crippen molar-refractivity contribution in [3.05, 3.63) is 27.8 Å². The summed E-state index contributed by atoms with van der Waals surface area (Å²) >= 11 is 5.17. The highest BCUT2D eigenvalue weighted by molar-refractivity contribution is 9.11. The van der Waals surface area contributed by atoms with Gasteiger partial charge in [-0.3, -0.25) is 4.40 Å². The van der Waals surface area contributed by atoms with Gasteiger partial charge in [0.15, 0.2) is 5.82 Å². The van der Waals surface area contributed by atoms with Gasteiger partial charge in [0.25, 0.3) is 0 Å². The molecule has 22 heavy (non-hydrogen) atoms. The molecule has 1 saturated heterocycles. The van der Waals surface area contributed by atoms with Gasteiger partial charge >= 0.3 is 0 Å². The van der Waals surface area contributed by atoms with Crippen molar-refractivity contribution in [1.82, 2.24) is 24.5 Å². The Morgan fingerprint density at radius 2 is 2.05 bits per heavy atom. The lowest BCUT2D eigenvalue weighted by atomic mass is 10.2. The van der Waals surface area contributed by atoms with Crippen LogP contribution in [0.25, 0.3) is 16.9 Å². The summed E-state index contributed by atoms with van der Waals surface area (Å²) in [6.07, 6.45) is 3.68. The van der Waals surface area contributed by atoms with Crippen molar-refractivity contribution < 1.29 is 0 Å². The number of aromatic nitrogens is 4. The summed E-state index contributed by atoms with van der Waals surface area (Å²) in [6, 6.07) is 2.09. The largest absolute Gasteiger partial charge is 0.351 e. The van der Waals surface area contributed by atoms with Crippen LogP contribution in [-0.4, -0.2) is 57.7 Å². The SMILES string of the molecule is CN1CCN(c2ncc(-c3csc(Br)c3)n3cnnc23)CC1. The number of rotatable bonds is 2. The molecule has 0 N–H and O–H groups in total. The standard InChI is InChI=1S/C14H15BrN6S/c1-19-2-4-20(5-3-19)13-14-18-17-9-21(14)11(7-16-13)10-6-12(15)22-8-10/h6-9H,2-5H2,1H3. The first kappa shape index (κ1) is 14.1. The third-order valence-electron chi connectivity index (χ3n) is 3.98. The predicted molar refractivity (Wildman–Crippen MR) is 91.5 cm³/mol. The first-order valence-electron chi connectivity index (χ1n) is 7.09. The van der Waals surface area contributed by atoms with E-state index < -0.39 is 0 Å². The Kier molecular flexibility index (Phi) is 3.59. The van der Waals surface area contributed by atoms with Gasteiger partial charge in [-0.1, -0.05) is 0 Å². The van der Waals surface area contributed by atoms with Gasteiger partial charge in [0.1, 0.15) is 6.33 Å². The monoisotopic (exact) mass is 378 g/mol. The summed E-state index contributed by atoms with van der Waals surface area (Å²) in [5, 5.41) is 10.5. The van der Waals surface area contributed by atoms with E-state index in [-0.39, 0.29) is 0 Å². The fourth-order valence-electron chi connectivity index (χ4n) is 2.71. The van der Waals surface area contributed by atoms with Crippen LogP contribution >= 0.6 is 27.3 Å². The van der Waals surface area contributed by atoms with Gasteiger partial charge in [0.05, 0.1) is 15.7 Å². The van der Waals surface area contributed by atoms with E-state index in [1.807, 2.05) is 10.6 Å². The van der Waals surface area contributed by atoms with Gasteiger partial charge in [-0.15, -0.1) is 21.5 Å². The number of thiophene rings is 1. The van der Waals surface area contributed by atoms with Crippen molar-refractivity contribution in [1.29, 1.82) is 0 Å². The van der Waals surface area contributed by atoms with E-state index in [1.165, 1.54) is 0 Å². The number of halogens is 1. The maximum Gasteiger partial charge on any atom is 0.204 e. The molecule has 0 amide bonds. The average molecular weight is 379 g/mol. The second-order valence-electron chi connectivity index (χ2n) is 5.42. The second-order valence-corrected chi connectivity index (χ2v) is 7.71. The third kappa shape index (κ3) is 2.41. The average Bonchev–Trinajstić information content (AvgIpc) is 3.16.